The lowest BCUT2D eigenvalue weighted by molar-refractivity contribution is -0.384. The molecule has 0 bridgehead atoms. The monoisotopic (exact) mass is 436 g/mol. The van der Waals surface area contributed by atoms with Gasteiger partial charge in [-0.25, -0.2) is 5.43 Å². The molecule has 1 amide bonds. The van der Waals surface area contributed by atoms with Gasteiger partial charge in [0.15, 0.2) is 0 Å². The van der Waals surface area contributed by atoms with Crippen LogP contribution in [0.15, 0.2) is 47.6 Å². The highest BCUT2D eigenvalue weighted by atomic mass is 16.6. The third-order valence-corrected chi connectivity index (χ3v) is 5.14. The molecule has 1 N–H and O–H groups in total. The fraction of sp³-hybridized carbons (Fsp3) is 0.217. The maximum absolute atomic E-state index is 12.5. The predicted octanol–water partition coefficient (Wildman–Crippen LogP) is 4.09. The van der Waals surface area contributed by atoms with Crippen molar-refractivity contribution in [3.63, 3.8) is 0 Å². The van der Waals surface area contributed by atoms with E-state index in [4.69, 9.17) is 9.47 Å². The van der Waals surface area contributed by atoms with Gasteiger partial charge in [-0.1, -0.05) is 6.07 Å². The minimum atomic E-state index is -0.427. The fourth-order valence-electron chi connectivity index (χ4n) is 3.45. The maximum Gasteiger partial charge on any atom is 0.275 e. The van der Waals surface area contributed by atoms with Crippen LogP contribution in [-0.2, 0) is 0 Å². The Kier molecular flexibility index (Phi) is 6.58. The van der Waals surface area contributed by atoms with Crippen LogP contribution in [0.2, 0.25) is 0 Å². The largest absolute Gasteiger partial charge is 0.497 e. The van der Waals surface area contributed by atoms with Crippen molar-refractivity contribution in [3.05, 3.63) is 80.7 Å². The second-order valence-electron chi connectivity index (χ2n) is 7.16. The number of amides is 1. The molecule has 9 nitrogen and oxygen atoms in total. The Labute approximate surface area is 185 Å². The molecular formula is C23H24N4O5. The van der Waals surface area contributed by atoms with Gasteiger partial charge in [-0.15, -0.1) is 0 Å². The van der Waals surface area contributed by atoms with E-state index < -0.39 is 10.8 Å². The molecule has 1 aromatic heterocycles. The van der Waals surface area contributed by atoms with Gasteiger partial charge in [-0.2, -0.15) is 5.10 Å². The van der Waals surface area contributed by atoms with Crippen molar-refractivity contribution < 1.29 is 19.2 Å². The molecule has 0 aliphatic heterocycles. The molecule has 0 radical (unpaired) electrons. The molecule has 1 heterocycles. The first-order valence-electron chi connectivity index (χ1n) is 9.76. The zero-order valence-electron chi connectivity index (χ0n) is 18.5. The van der Waals surface area contributed by atoms with Crippen molar-refractivity contribution in [2.75, 3.05) is 14.2 Å². The molecule has 2 aromatic carbocycles. The number of carbonyl (C=O) groups excluding carboxylic acids is 1. The summed E-state index contributed by atoms with van der Waals surface area (Å²) in [6.07, 6.45) is 1.54. The van der Waals surface area contributed by atoms with E-state index in [9.17, 15) is 14.9 Å². The number of ether oxygens (including phenoxy) is 2. The molecule has 3 rings (SSSR count). The first kappa shape index (κ1) is 22.5. The van der Waals surface area contributed by atoms with Gasteiger partial charge in [0.05, 0.1) is 36.6 Å². The van der Waals surface area contributed by atoms with Crippen molar-refractivity contribution in [3.8, 4) is 17.2 Å². The number of nitro groups is 1. The first-order valence-corrected chi connectivity index (χ1v) is 9.76. The van der Waals surface area contributed by atoms with Gasteiger partial charge in [0, 0.05) is 35.2 Å². The van der Waals surface area contributed by atoms with Crippen molar-refractivity contribution in [2.24, 2.45) is 5.10 Å². The van der Waals surface area contributed by atoms with Crippen LogP contribution in [0.1, 0.15) is 32.9 Å². The van der Waals surface area contributed by atoms with Crippen LogP contribution in [0.3, 0.4) is 0 Å². The smallest absolute Gasteiger partial charge is 0.275 e. The summed E-state index contributed by atoms with van der Waals surface area (Å²) in [6, 6.07) is 11.5. The number of benzene rings is 2. The standard InChI is InChI=1S/C23H24N4O5/c1-14-6-7-18(27(29)30)11-21(14)26-15(2)10-17(16(26)3)13-24-25-23(28)20-9-8-19(31-4)12-22(20)32-5/h6-13H,1-5H3,(H,25,28). The minimum Gasteiger partial charge on any atom is -0.497 e. The highest BCUT2D eigenvalue weighted by Crippen LogP contribution is 2.26. The number of hydrazone groups is 1. The van der Waals surface area contributed by atoms with E-state index in [1.807, 2.05) is 31.4 Å². The molecule has 32 heavy (non-hydrogen) atoms. The number of hydrogen-bond donors (Lipinski definition) is 1. The van der Waals surface area contributed by atoms with E-state index in [0.717, 1.165) is 28.2 Å². The van der Waals surface area contributed by atoms with E-state index >= 15 is 0 Å². The summed E-state index contributed by atoms with van der Waals surface area (Å²) in [5, 5.41) is 15.3. The van der Waals surface area contributed by atoms with Gasteiger partial charge < -0.3 is 14.0 Å². The zero-order chi connectivity index (χ0) is 23.4. The summed E-state index contributed by atoms with van der Waals surface area (Å²) < 4.78 is 12.3. The Hall–Kier alpha value is -4.14. The summed E-state index contributed by atoms with van der Waals surface area (Å²) in [6.45, 7) is 5.69. The molecule has 0 aliphatic carbocycles. The lowest BCUT2D eigenvalue weighted by Crippen LogP contribution is -2.18. The van der Waals surface area contributed by atoms with Crippen molar-refractivity contribution in [1.29, 1.82) is 0 Å². The molecule has 0 unspecified atom stereocenters. The number of nitro benzene ring substituents is 1. The number of nitrogens with zero attached hydrogens (tertiary/aromatic N) is 3. The Balaban J connectivity index is 1.85. The second-order valence-corrected chi connectivity index (χ2v) is 7.16. The minimum absolute atomic E-state index is 0.0222. The average Bonchev–Trinajstić information content (AvgIpc) is 3.06. The van der Waals surface area contributed by atoms with Gasteiger partial charge in [0.2, 0.25) is 0 Å². The topological polar surface area (TPSA) is 108 Å². The molecule has 166 valence electrons. The van der Waals surface area contributed by atoms with Crippen molar-refractivity contribution >= 4 is 17.8 Å². The number of nitrogens with one attached hydrogen (secondary N) is 1. The van der Waals surface area contributed by atoms with Crippen LogP contribution in [0.25, 0.3) is 5.69 Å². The van der Waals surface area contributed by atoms with E-state index in [1.165, 1.54) is 20.3 Å². The van der Waals surface area contributed by atoms with Crippen LogP contribution >= 0.6 is 0 Å². The van der Waals surface area contributed by atoms with Gasteiger partial charge in [0.1, 0.15) is 11.5 Å². The van der Waals surface area contributed by atoms with Crippen molar-refractivity contribution in [2.45, 2.75) is 20.8 Å². The van der Waals surface area contributed by atoms with E-state index in [-0.39, 0.29) is 5.69 Å². The summed E-state index contributed by atoms with van der Waals surface area (Å²) in [7, 11) is 3.00. The number of non-ortho nitro benzene ring substituents is 1. The number of carbonyl (C=O) groups is 1. The number of rotatable bonds is 7. The molecule has 0 atom stereocenters. The molecule has 0 aliphatic rings. The Morgan fingerprint density at radius 1 is 1.09 bits per heavy atom. The Bertz CT molecular complexity index is 1210. The highest BCUT2D eigenvalue weighted by Gasteiger charge is 2.16. The molecule has 0 saturated carbocycles. The van der Waals surface area contributed by atoms with E-state index in [2.05, 4.69) is 10.5 Å². The van der Waals surface area contributed by atoms with Gasteiger partial charge in [0.25, 0.3) is 11.6 Å². The lowest BCUT2D eigenvalue weighted by Gasteiger charge is -2.12. The third kappa shape index (κ3) is 4.46. The fourth-order valence-corrected chi connectivity index (χ4v) is 3.45. The number of aromatic nitrogens is 1. The SMILES string of the molecule is COc1ccc(C(=O)NN=Cc2cc(C)n(-c3cc([N+](=O)[O-])ccc3C)c2C)c(OC)c1. The first-order chi connectivity index (χ1) is 15.3. The second kappa shape index (κ2) is 9.34. The van der Waals surface area contributed by atoms with Crippen LogP contribution in [0.5, 0.6) is 11.5 Å². The normalized spacial score (nSPS) is 10.9. The lowest BCUT2D eigenvalue weighted by atomic mass is 10.1. The van der Waals surface area contributed by atoms with Gasteiger partial charge in [-0.3, -0.25) is 14.9 Å². The quantitative estimate of drug-likeness (QED) is 0.341. The van der Waals surface area contributed by atoms with E-state index in [1.54, 1.807) is 36.5 Å². The summed E-state index contributed by atoms with van der Waals surface area (Å²) in [4.78, 5) is 23.3. The van der Waals surface area contributed by atoms with Gasteiger partial charge in [-0.05, 0) is 44.5 Å². The Morgan fingerprint density at radius 2 is 1.84 bits per heavy atom. The van der Waals surface area contributed by atoms with Crippen LogP contribution in [0, 0.1) is 30.9 Å². The Morgan fingerprint density at radius 3 is 2.50 bits per heavy atom. The highest BCUT2D eigenvalue weighted by molar-refractivity contribution is 5.97. The number of methoxy groups -OCH3 is 2. The van der Waals surface area contributed by atoms with Crippen LogP contribution < -0.4 is 14.9 Å². The van der Waals surface area contributed by atoms with Gasteiger partial charge >= 0.3 is 0 Å². The summed E-state index contributed by atoms with van der Waals surface area (Å²) in [5.41, 5.74) is 6.97. The van der Waals surface area contributed by atoms with Crippen molar-refractivity contribution in [1.82, 2.24) is 9.99 Å². The predicted molar refractivity (Wildman–Crippen MR) is 121 cm³/mol. The average molecular weight is 436 g/mol. The number of hydrogen-bond acceptors (Lipinski definition) is 6. The van der Waals surface area contributed by atoms with Crippen LogP contribution in [0.4, 0.5) is 5.69 Å². The molecule has 9 heteroatoms. The molecule has 3 aromatic rings. The summed E-state index contributed by atoms with van der Waals surface area (Å²) >= 11 is 0. The van der Waals surface area contributed by atoms with E-state index in [0.29, 0.717) is 17.1 Å². The number of aryl methyl sites for hydroxylation is 2. The molecular weight excluding hydrogens is 412 g/mol. The van der Waals surface area contributed by atoms with Crippen LogP contribution in [-0.4, -0.2) is 35.8 Å². The molecule has 0 spiro atoms. The third-order valence-electron chi connectivity index (χ3n) is 5.14. The summed E-state index contributed by atoms with van der Waals surface area (Å²) in [5.74, 6) is 0.520. The molecule has 0 saturated heterocycles. The molecule has 0 fully saturated rings. The maximum atomic E-state index is 12.5. The zero-order valence-corrected chi connectivity index (χ0v) is 18.5.